The standard InChI is InChI=1S/C22H28N2O5S/c1-3-17-6-10-19(11-7-17)29-16(2)22(25)24-18-8-12-21(13-9-18)30(26,27)23-15-20-5-4-14-28-20/h6-13,16,20,23H,3-5,14-15H2,1-2H3,(H,24,25). The minimum atomic E-state index is -3.62. The van der Waals surface area contributed by atoms with E-state index < -0.39 is 16.1 Å². The Kier molecular flexibility index (Phi) is 7.47. The van der Waals surface area contributed by atoms with Gasteiger partial charge in [-0.05, 0) is 68.1 Å². The third kappa shape index (κ3) is 6.04. The molecule has 1 fully saturated rings. The van der Waals surface area contributed by atoms with Gasteiger partial charge in [0.2, 0.25) is 10.0 Å². The lowest BCUT2D eigenvalue weighted by atomic mass is 10.2. The van der Waals surface area contributed by atoms with Crippen molar-refractivity contribution in [3.63, 3.8) is 0 Å². The maximum absolute atomic E-state index is 12.4. The molecule has 30 heavy (non-hydrogen) atoms. The number of aryl methyl sites for hydroxylation is 1. The third-order valence-electron chi connectivity index (χ3n) is 4.97. The number of amides is 1. The highest BCUT2D eigenvalue weighted by Crippen LogP contribution is 2.18. The van der Waals surface area contributed by atoms with Gasteiger partial charge in [-0.25, -0.2) is 13.1 Å². The molecule has 0 aliphatic carbocycles. The number of nitrogens with one attached hydrogen (secondary N) is 2. The highest BCUT2D eigenvalue weighted by atomic mass is 32.2. The largest absolute Gasteiger partial charge is 0.481 e. The van der Waals surface area contributed by atoms with E-state index in [0.29, 0.717) is 18.0 Å². The first-order valence-electron chi connectivity index (χ1n) is 10.1. The van der Waals surface area contributed by atoms with Crippen molar-refractivity contribution in [3.05, 3.63) is 54.1 Å². The number of hydrogen-bond donors (Lipinski definition) is 2. The molecule has 0 radical (unpaired) electrons. The number of hydrogen-bond acceptors (Lipinski definition) is 5. The lowest BCUT2D eigenvalue weighted by Crippen LogP contribution is -2.32. The van der Waals surface area contributed by atoms with Crippen molar-refractivity contribution in [1.82, 2.24) is 4.72 Å². The highest BCUT2D eigenvalue weighted by Gasteiger charge is 2.20. The average Bonchev–Trinajstić information content (AvgIpc) is 3.27. The van der Waals surface area contributed by atoms with Crippen LogP contribution in [0.5, 0.6) is 5.75 Å². The Morgan fingerprint density at radius 3 is 2.47 bits per heavy atom. The van der Waals surface area contributed by atoms with Crippen molar-refractivity contribution in [2.75, 3.05) is 18.5 Å². The average molecular weight is 433 g/mol. The first kappa shape index (κ1) is 22.3. The summed E-state index contributed by atoms with van der Waals surface area (Å²) in [6, 6.07) is 13.6. The number of anilines is 1. The maximum Gasteiger partial charge on any atom is 0.265 e. The summed E-state index contributed by atoms with van der Waals surface area (Å²) in [7, 11) is -3.62. The Balaban J connectivity index is 1.53. The molecule has 0 spiro atoms. The quantitative estimate of drug-likeness (QED) is 0.635. The molecule has 1 saturated heterocycles. The fourth-order valence-electron chi connectivity index (χ4n) is 3.11. The summed E-state index contributed by atoms with van der Waals surface area (Å²) in [5, 5.41) is 2.74. The van der Waals surface area contributed by atoms with Crippen LogP contribution in [0, 0.1) is 0 Å². The topological polar surface area (TPSA) is 93.7 Å². The van der Waals surface area contributed by atoms with Crippen molar-refractivity contribution in [1.29, 1.82) is 0 Å². The second kappa shape index (κ2) is 10.1. The molecule has 2 atom stereocenters. The van der Waals surface area contributed by atoms with Crippen LogP contribution in [0.3, 0.4) is 0 Å². The van der Waals surface area contributed by atoms with E-state index in [4.69, 9.17) is 9.47 Å². The smallest absolute Gasteiger partial charge is 0.265 e. The van der Waals surface area contributed by atoms with E-state index in [0.717, 1.165) is 19.3 Å². The molecule has 1 amide bonds. The molecule has 7 nitrogen and oxygen atoms in total. The van der Waals surface area contributed by atoms with Gasteiger partial charge in [-0.1, -0.05) is 19.1 Å². The van der Waals surface area contributed by atoms with Gasteiger partial charge in [-0.15, -0.1) is 0 Å². The van der Waals surface area contributed by atoms with Crippen LogP contribution in [-0.4, -0.2) is 39.7 Å². The molecule has 2 N–H and O–H groups in total. The summed E-state index contributed by atoms with van der Waals surface area (Å²) < 4.78 is 38.5. The fourth-order valence-corrected chi connectivity index (χ4v) is 4.18. The number of ether oxygens (including phenoxy) is 2. The Labute approximate surface area is 177 Å². The van der Waals surface area contributed by atoms with E-state index in [2.05, 4.69) is 17.0 Å². The van der Waals surface area contributed by atoms with E-state index in [1.54, 1.807) is 19.1 Å². The highest BCUT2D eigenvalue weighted by molar-refractivity contribution is 7.89. The van der Waals surface area contributed by atoms with E-state index in [1.807, 2.05) is 24.3 Å². The number of benzene rings is 2. The summed E-state index contributed by atoms with van der Waals surface area (Å²) in [6.07, 6.45) is 1.97. The zero-order valence-corrected chi connectivity index (χ0v) is 18.1. The normalized spacial score (nSPS) is 17.5. The third-order valence-corrected chi connectivity index (χ3v) is 6.41. The van der Waals surface area contributed by atoms with Crippen LogP contribution in [0.25, 0.3) is 0 Å². The summed E-state index contributed by atoms with van der Waals surface area (Å²) in [5.41, 5.74) is 1.69. The zero-order valence-electron chi connectivity index (χ0n) is 17.3. The number of carbonyl (C=O) groups is 1. The molecule has 2 aromatic rings. The molecule has 162 valence electrons. The van der Waals surface area contributed by atoms with Crippen LogP contribution in [0.2, 0.25) is 0 Å². The first-order chi connectivity index (χ1) is 14.4. The van der Waals surface area contributed by atoms with Gasteiger partial charge >= 0.3 is 0 Å². The maximum atomic E-state index is 12.4. The van der Waals surface area contributed by atoms with Crippen LogP contribution in [0.4, 0.5) is 5.69 Å². The summed E-state index contributed by atoms with van der Waals surface area (Å²) in [4.78, 5) is 12.5. The minimum absolute atomic E-state index is 0.0713. The van der Waals surface area contributed by atoms with Crippen molar-refractivity contribution in [2.45, 2.75) is 50.2 Å². The molecule has 2 aromatic carbocycles. The number of rotatable bonds is 9. The van der Waals surface area contributed by atoms with Crippen molar-refractivity contribution < 1.29 is 22.7 Å². The number of carbonyl (C=O) groups excluding carboxylic acids is 1. The molecule has 8 heteroatoms. The van der Waals surface area contributed by atoms with Crippen molar-refractivity contribution >= 4 is 21.6 Å². The van der Waals surface area contributed by atoms with Crippen LogP contribution < -0.4 is 14.8 Å². The van der Waals surface area contributed by atoms with E-state index >= 15 is 0 Å². The van der Waals surface area contributed by atoms with E-state index in [-0.39, 0.29) is 23.5 Å². The molecular formula is C22H28N2O5S. The lowest BCUT2D eigenvalue weighted by Gasteiger charge is -2.15. The van der Waals surface area contributed by atoms with Gasteiger partial charge in [0.1, 0.15) is 5.75 Å². The van der Waals surface area contributed by atoms with Gasteiger partial charge in [-0.2, -0.15) is 0 Å². The SMILES string of the molecule is CCc1ccc(OC(C)C(=O)Nc2ccc(S(=O)(=O)NCC3CCCO3)cc2)cc1. The molecule has 0 saturated carbocycles. The lowest BCUT2D eigenvalue weighted by molar-refractivity contribution is -0.122. The predicted octanol–water partition coefficient (Wildman–Crippen LogP) is 3.11. The van der Waals surface area contributed by atoms with Crippen LogP contribution in [0.15, 0.2) is 53.4 Å². The Bertz CT molecular complexity index is 936. The Morgan fingerprint density at radius 1 is 1.17 bits per heavy atom. The van der Waals surface area contributed by atoms with E-state index in [9.17, 15) is 13.2 Å². The fraction of sp³-hybridized carbons (Fsp3) is 0.409. The van der Waals surface area contributed by atoms with Gasteiger partial charge in [0.05, 0.1) is 11.0 Å². The molecule has 2 unspecified atom stereocenters. The minimum Gasteiger partial charge on any atom is -0.481 e. The molecule has 1 aliphatic rings. The molecule has 1 aliphatic heterocycles. The second-order valence-corrected chi connectivity index (χ2v) is 9.03. The second-order valence-electron chi connectivity index (χ2n) is 7.26. The van der Waals surface area contributed by atoms with Crippen molar-refractivity contribution in [3.8, 4) is 5.75 Å². The van der Waals surface area contributed by atoms with Crippen molar-refractivity contribution in [2.24, 2.45) is 0 Å². The monoisotopic (exact) mass is 432 g/mol. The number of sulfonamides is 1. The Hall–Kier alpha value is -2.42. The first-order valence-corrected chi connectivity index (χ1v) is 11.6. The molecular weight excluding hydrogens is 404 g/mol. The summed E-state index contributed by atoms with van der Waals surface area (Å²) in [5.74, 6) is 0.301. The molecule has 1 heterocycles. The summed E-state index contributed by atoms with van der Waals surface area (Å²) in [6.45, 7) is 4.67. The van der Waals surface area contributed by atoms with Gasteiger partial charge in [0, 0.05) is 18.8 Å². The Morgan fingerprint density at radius 2 is 1.87 bits per heavy atom. The van der Waals surface area contributed by atoms with Crippen LogP contribution in [0.1, 0.15) is 32.3 Å². The molecule has 3 rings (SSSR count). The van der Waals surface area contributed by atoms with Gasteiger partial charge in [0.25, 0.3) is 5.91 Å². The van der Waals surface area contributed by atoms with E-state index in [1.165, 1.54) is 17.7 Å². The van der Waals surface area contributed by atoms with Gasteiger partial charge in [0.15, 0.2) is 6.10 Å². The summed E-state index contributed by atoms with van der Waals surface area (Å²) >= 11 is 0. The molecule has 0 bridgehead atoms. The van der Waals surface area contributed by atoms with Crippen LogP contribution in [-0.2, 0) is 26.0 Å². The van der Waals surface area contributed by atoms with Crippen LogP contribution >= 0.6 is 0 Å². The van der Waals surface area contributed by atoms with Gasteiger partial charge in [-0.3, -0.25) is 4.79 Å². The van der Waals surface area contributed by atoms with Gasteiger partial charge < -0.3 is 14.8 Å². The predicted molar refractivity (Wildman–Crippen MR) is 115 cm³/mol. The zero-order chi connectivity index (χ0) is 21.6. The molecule has 0 aromatic heterocycles.